The summed E-state index contributed by atoms with van der Waals surface area (Å²) >= 11 is 0. The van der Waals surface area contributed by atoms with Crippen LogP contribution in [0.3, 0.4) is 0 Å². The highest BCUT2D eigenvalue weighted by molar-refractivity contribution is 6.03. The number of hydrogen-bond acceptors (Lipinski definition) is 4. The van der Waals surface area contributed by atoms with Crippen molar-refractivity contribution in [2.24, 2.45) is 5.10 Å². The summed E-state index contributed by atoms with van der Waals surface area (Å²) in [6, 6.07) is 15.0. The molecular weight excluding hydrogens is 318 g/mol. The van der Waals surface area contributed by atoms with Gasteiger partial charge in [-0.1, -0.05) is 18.2 Å². The van der Waals surface area contributed by atoms with E-state index in [1.165, 1.54) is 18.3 Å². The van der Waals surface area contributed by atoms with Gasteiger partial charge in [0.1, 0.15) is 11.4 Å². The van der Waals surface area contributed by atoms with Crippen molar-refractivity contribution < 1.29 is 14.7 Å². The lowest BCUT2D eigenvalue weighted by Gasteiger charge is -2.10. The van der Waals surface area contributed by atoms with Crippen molar-refractivity contribution in [1.29, 1.82) is 0 Å². The second-order valence-corrected chi connectivity index (χ2v) is 5.49. The van der Waals surface area contributed by atoms with Crippen LogP contribution in [0.5, 0.6) is 5.75 Å². The molecule has 0 unspecified atom stereocenters. The lowest BCUT2D eigenvalue weighted by Crippen LogP contribution is -2.33. The van der Waals surface area contributed by atoms with Gasteiger partial charge in [0, 0.05) is 5.56 Å². The van der Waals surface area contributed by atoms with Crippen molar-refractivity contribution in [3.8, 4) is 5.75 Å². The average molecular weight is 337 g/mol. The molecule has 0 fully saturated rings. The fourth-order valence-corrected chi connectivity index (χ4v) is 1.97. The van der Waals surface area contributed by atoms with E-state index in [4.69, 9.17) is 0 Å². The third-order valence-corrected chi connectivity index (χ3v) is 3.27. The summed E-state index contributed by atoms with van der Waals surface area (Å²) in [5.74, 6) is -0.731. The van der Waals surface area contributed by atoms with Gasteiger partial charge in [0.05, 0.1) is 6.21 Å². The van der Waals surface area contributed by atoms with Gasteiger partial charge in [-0.2, -0.15) is 5.10 Å². The van der Waals surface area contributed by atoms with Crippen molar-refractivity contribution in [3.05, 3.63) is 77.0 Å². The molecule has 2 aromatic rings. The summed E-state index contributed by atoms with van der Waals surface area (Å²) in [6.07, 6.45) is 1.44. The van der Waals surface area contributed by atoms with Gasteiger partial charge in [0.2, 0.25) is 0 Å². The Morgan fingerprint density at radius 1 is 1.00 bits per heavy atom. The van der Waals surface area contributed by atoms with E-state index in [1.54, 1.807) is 50.2 Å². The molecule has 128 valence electrons. The van der Waals surface area contributed by atoms with Gasteiger partial charge in [0.25, 0.3) is 11.8 Å². The summed E-state index contributed by atoms with van der Waals surface area (Å²) in [6.45, 7) is 3.45. The van der Waals surface area contributed by atoms with Gasteiger partial charge in [-0.15, -0.1) is 0 Å². The lowest BCUT2D eigenvalue weighted by atomic mass is 10.2. The molecule has 2 aromatic carbocycles. The number of hydrogen-bond donors (Lipinski definition) is 3. The SMILES string of the molecule is CC(C)=C(NC(=O)c1ccccc1)C(=O)N/N=C\c1ccc(O)cc1. The highest BCUT2D eigenvalue weighted by Crippen LogP contribution is 2.08. The molecule has 0 aromatic heterocycles. The van der Waals surface area contributed by atoms with Crippen LogP contribution in [0, 0.1) is 0 Å². The smallest absolute Gasteiger partial charge is 0.287 e. The Morgan fingerprint density at radius 3 is 2.24 bits per heavy atom. The first-order valence-corrected chi connectivity index (χ1v) is 7.63. The Balaban J connectivity index is 2.02. The van der Waals surface area contributed by atoms with E-state index in [1.807, 2.05) is 6.07 Å². The number of carbonyl (C=O) groups excluding carboxylic acids is 2. The zero-order valence-corrected chi connectivity index (χ0v) is 14.0. The summed E-state index contributed by atoms with van der Waals surface area (Å²) < 4.78 is 0. The number of hydrazone groups is 1. The highest BCUT2D eigenvalue weighted by Gasteiger charge is 2.15. The van der Waals surface area contributed by atoms with Crippen LogP contribution in [0.25, 0.3) is 0 Å². The largest absolute Gasteiger partial charge is 0.508 e. The Morgan fingerprint density at radius 2 is 1.64 bits per heavy atom. The van der Waals surface area contributed by atoms with E-state index in [9.17, 15) is 14.7 Å². The van der Waals surface area contributed by atoms with E-state index in [-0.39, 0.29) is 17.4 Å². The molecule has 2 amide bonds. The van der Waals surface area contributed by atoms with Crippen LogP contribution in [0.1, 0.15) is 29.8 Å². The van der Waals surface area contributed by atoms with Crippen molar-refractivity contribution in [3.63, 3.8) is 0 Å². The summed E-state index contributed by atoms with van der Waals surface area (Å²) in [5, 5.41) is 15.7. The third-order valence-electron chi connectivity index (χ3n) is 3.27. The molecule has 2 rings (SSSR count). The number of nitrogens with zero attached hydrogens (tertiary/aromatic N) is 1. The van der Waals surface area contributed by atoms with Gasteiger partial charge in [-0.25, -0.2) is 5.43 Å². The maximum Gasteiger partial charge on any atom is 0.287 e. The quantitative estimate of drug-likeness (QED) is 0.445. The van der Waals surface area contributed by atoms with Gasteiger partial charge < -0.3 is 10.4 Å². The zero-order valence-electron chi connectivity index (χ0n) is 14.0. The number of amides is 2. The number of allylic oxidation sites excluding steroid dienone is 1. The van der Waals surface area contributed by atoms with E-state index in [0.29, 0.717) is 16.7 Å². The predicted molar refractivity (Wildman–Crippen MR) is 96.1 cm³/mol. The van der Waals surface area contributed by atoms with Crippen molar-refractivity contribution in [2.45, 2.75) is 13.8 Å². The Kier molecular flexibility index (Phi) is 6.06. The first-order chi connectivity index (χ1) is 12.0. The number of phenolic OH excluding ortho intramolecular Hbond substituents is 1. The molecule has 0 atom stereocenters. The monoisotopic (exact) mass is 337 g/mol. The van der Waals surface area contributed by atoms with E-state index in [0.717, 1.165) is 0 Å². The molecule has 0 radical (unpaired) electrons. The molecular formula is C19H19N3O3. The van der Waals surface area contributed by atoms with Gasteiger partial charge in [-0.05, 0) is 61.4 Å². The van der Waals surface area contributed by atoms with Crippen molar-refractivity contribution >= 4 is 18.0 Å². The highest BCUT2D eigenvalue weighted by atomic mass is 16.3. The Hall–Kier alpha value is -3.41. The number of phenols is 1. The molecule has 25 heavy (non-hydrogen) atoms. The summed E-state index contributed by atoms with van der Waals surface area (Å²) in [7, 11) is 0. The number of aromatic hydroxyl groups is 1. The number of rotatable bonds is 5. The van der Waals surface area contributed by atoms with Crippen LogP contribution in [-0.2, 0) is 4.79 Å². The topological polar surface area (TPSA) is 90.8 Å². The summed E-state index contributed by atoms with van der Waals surface area (Å²) in [5.41, 5.74) is 4.36. The molecule has 0 heterocycles. The normalized spacial score (nSPS) is 10.3. The van der Waals surface area contributed by atoms with E-state index in [2.05, 4.69) is 15.8 Å². The molecule has 0 aliphatic carbocycles. The second-order valence-electron chi connectivity index (χ2n) is 5.49. The third kappa shape index (κ3) is 5.31. The standard InChI is InChI=1S/C19H19N3O3/c1-13(2)17(21-18(24)15-6-4-3-5-7-15)19(25)22-20-12-14-8-10-16(23)11-9-14/h3-12,23H,1-2H3,(H,21,24)(H,22,25)/b20-12-. The molecule has 0 spiro atoms. The van der Waals surface area contributed by atoms with Crippen molar-refractivity contribution in [2.75, 3.05) is 0 Å². The molecule has 3 N–H and O–H groups in total. The molecule has 0 bridgehead atoms. The van der Waals surface area contributed by atoms with Crippen molar-refractivity contribution in [1.82, 2.24) is 10.7 Å². The van der Waals surface area contributed by atoms with Crippen LogP contribution >= 0.6 is 0 Å². The van der Waals surface area contributed by atoms with Gasteiger partial charge >= 0.3 is 0 Å². The Bertz CT molecular complexity index is 806. The number of carbonyl (C=O) groups is 2. The van der Waals surface area contributed by atoms with Crippen LogP contribution in [0.4, 0.5) is 0 Å². The fraction of sp³-hybridized carbons (Fsp3) is 0.105. The maximum atomic E-state index is 12.3. The van der Waals surface area contributed by atoms with Crippen LogP contribution in [0.2, 0.25) is 0 Å². The number of nitrogens with one attached hydrogen (secondary N) is 2. The number of benzene rings is 2. The minimum absolute atomic E-state index is 0.150. The zero-order chi connectivity index (χ0) is 18.2. The minimum atomic E-state index is -0.515. The summed E-state index contributed by atoms with van der Waals surface area (Å²) in [4.78, 5) is 24.5. The molecule has 6 heteroatoms. The minimum Gasteiger partial charge on any atom is -0.508 e. The molecule has 6 nitrogen and oxygen atoms in total. The predicted octanol–water partition coefficient (Wildman–Crippen LogP) is 2.57. The van der Waals surface area contributed by atoms with Crippen LogP contribution in [-0.4, -0.2) is 23.1 Å². The molecule has 0 saturated heterocycles. The van der Waals surface area contributed by atoms with E-state index >= 15 is 0 Å². The first kappa shape index (κ1) is 17.9. The molecule has 0 saturated carbocycles. The fourth-order valence-electron chi connectivity index (χ4n) is 1.97. The average Bonchev–Trinajstić information content (AvgIpc) is 2.61. The second kappa shape index (κ2) is 8.44. The van der Waals surface area contributed by atoms with Crippen LogP contribution in [0.15, 0.2) is 71.0 Å². The van der Waals surface area contributed by atoms with Gasteiger partial charge in [0.15, 0.2) is 0 Å². The van der Waals surface area contributed by atoms with Gasteiger partial charge in [-0.3, -0.25) is 9.59 Å². The first-order valence-electron chi connectivity index (χ1n) is 7.63. The molecule has 0 aliphatic heterocycles. The lowest BCUT2D eigenvalue weighted by molar-refractivity contribution is -0.117. The maximum absolute atomic E-state index is 12.3. The van der Waals surface area contributed by atoms with E-state index < -0.39 is 5.91 Å². The Labute approximate surface area is 145 Å². The molecule has 0 aliphatic rings. The van der Waals surface area contributed by atoms with Crippen LogP contribution < -0.4 is 10.7 Å².